The van der Waals surface area contributed by atoms with Crippen molar-refractivity contribution in [2.45, 2.75) is 33.0 Å². The van der Waals surface area contributed by atoms with Gasteiger partial charge in [-0.2, -0.15) is 13.2 Å². The lowest BCUT2D eigenvalue weighted by Crippen LogP contribution is -2.15. The summed E-state index contributed by atoms with van der Waals surface area (Å²) in [5.74, 6) is -0.398. The van der Waals surface area contributed by atoms with E-state index < -0.39 is 17.6 Å². The van der Waals surface area contributed by atoms with Crippen LogP contribution < -0.4 is 10.6 Å². The molecule has 7 heteroatoms. The summed E-state index contributed by atoms with van der Waals surface area (Å²) in [4.78, 5) is 3.70. The lowest BCUT2D eigenvalue weighted by molar-refractivity contribution is -0.0890. The van der Waals surface area contributed by atoms with E-state index in [1.807, 2.05) is 0 Å². The topological polar surface area (TPSA) is 37.0 Å². The van der Waals surface area contributed by atoms with Crippen LogP contribution in [0.2, 0.25) is 0 Å². The van der Waals surface area contributed by atoms with E-state index in [9.17, 15) is 17.6 Å². The molecule has 1 heterocycles. The molecule has 28 heavy (non-hydrogen) atoms. The molecule has 0 spiro atoms. The molecule has 0 saturated carbocycles. The summed E-state index contributed by atoms with van der Waals surface area (Å²) < 4.78 is 53.7. The third-order valence-corrected chi connectivity index (χ3v) is 4.39. The van der Waals surface area contributed by atoms with Crippen molar-refractivity contribution in [3.05, 3.63) is 76.9 Å². The molecule has 150 valence electrons. The average molecular weight is 393 g/mol. The first-order chi connectivity index (χ1) is 13.3. The summed E-state index contributed by atoms with van der Waals surface area (Å²) in [6, 6.07) is 8.48. The number of pyridine rings is 1. The Hall–Kier alpha value is -2.83. The van der Waals surface area contributed by atoms with E-state index in [0.29, 0.717) is 23.2 Å². The van der Waals surface area contributed by atoms with Gasteiger partial charge in [-0.3, -0.25) is 4.98 Å². The van der Waals surface area contributed by atoms with Crippen LogP contribution in [-0.2, 0) is 6.54 Å². The molecule has 2 aromatic rings. The molecule has 1 aromatic carbocycles. The molecule has 0 radical (unpaired) electrons. The van der Waals surface area contributed by atoms with Gasteiger partial charge in [0.1, 0.15) is 5.82 Å². The molecule has 0 atom stereocenters. The number of benzene rings is 1. The minimum atomic E-state index is -4.42. The minimum absolute atomic E-state index is 0.276. The van der Waals surface area contributed by atoms with Crippen molar-refractivity contribution in [1.82, 2.24) is 10.3 Å². The number of aromatic nitrogens is 1. The van der Waals surface area contributed by atoms with E-state index in [-0.39, 0.29) is 12.1 Å². The molecule has 0 aliphatic carbocycles. The number of rotatable bonds is 7. The van der Waals surface area contributed by atoms with Gasteiger partial charge < -0.3 is 10.6 Å². The Morgan fingerprint density at radius 3 is 2.36 bits per heavy atom. The number of hydrogen-bond donors (Lipinski definition) is 2. The Kier molecular flexibility index (Phi) is 7.20. The van der Waals surface area contributed by atoms with Crippen molar-refractivity contribution in [3.63, 3.8) is 0 Å². The van der Waals surface area contributed by atoms with Crippen molar-refractivity contribution in [2.24, 2.45) is 0 Å². The first-order valence-electron chi connectivity index (χ1n) is 8.85. The van der Waals surface area contributed by atoms with Gasteiger partial charge in [0.2, 0.25) is 0 Å². The van der Waals surface area contributed by atoms with Crippen molar-refractivity contribution in [1.29, 1.82) is 0 Å². The van der Waals surface area contributed by atoms with Crippen molar-refractivity contribution >= 4 is 11.4 Å². The second-order valence-electron chi connectivity index (χ2n) is 6.25. The van der Waals surface area contributed by atoms with Crippen LogP contribution in [0.3, 0.4) is 0 Å². The molecular weight excluding hydrogens is 370 g/mol. The Bertz CT molecular complexity index is 853. The fourth-order valence-electron chi connectivity index (χ4n) is 2.59. The molecule has 0 aliphatic rings. The van der Waals surface area contributed by atoms with Crippen LogP contribution in [-0.4, -0.2) is 18.2 Å². The lowest BCUT2D eigenvalue weighted by Gasteiger charge is -2.15. The molecule has 0 saturated heterocycles. The quantitative estimate of drug-likeness (QED) is 0.469. The Balaban J connectivity index is 2.21. The summed E-state index contributed by atoms with van der Waals surface area (Å²) in [7, 11) is 1.58. The molecule has 1 aromatic heterocycles. The molecule has 0 amide bonds. The predicted molar refractivity (Wildman–Crippen MR) is 104 cm³/mol. The zero-order valence-corrected chi connectivity index (χ0v) is 16.0. The maximum atomic E-state index is 13.6. The van der Waals surface area contributed by atoms with Gasteiger partial charge in [-0.1, -0.05) is 24.6 Å². The van der Waals surface area contributed by atoms with Crippen LogP contribution in [0.5, 0.6) is 0 Å². The van der Waals surface area contributed by atoms with Crippen molar-refractivity contribution < 1.29 is 17.6 Å². The first kappa shape index (κ1) is 21.5. The van der Waals surface area contributed by atoms with Crippen LogP contribution in [0.25, 0.3) is 5.70 Å². The zero-order chi connectivity index (χ0) is 20.7. The number of anilines is 1. The summed E-state index contributed by atoms with van der Waals surface area (Å²) in [6.07, 6.45) is -0.311. The summed E-state index contributed by atoms with van der Waals surface area (Å²) >= 11 is 0. The van der Waals surface area contributed by atoms with Crippen molar-refractivity contribution in [3.8, 4) is 0 Å². The minimum Gasteiger partial charge on any atom is -0.388 e. The SMILES string of the molecule is CCC(C)=C(/C=C(\NC)c1ccc(NCc2ccncc2F)cc1)C(F)(F)F. The fraction of sp³-hybridized carbons (Fsp3) is 0.286. The number of allylic oxidation sites excluding steroid dienone is 3. The largest absolute Gasteiger partial charge is 0.416 e. The molecule has 0 fully saturated rings. The van der Waals surface area contributed by atoms with Crippen LogP contribution in [0.1, 0.15) is 31.4 Å². The van der Waals surface area contributed by atoms with E-state index in [1.165, 1.54) is 13.1 Å². The molecule has 3 nitrogen and oxygen atoms in total. The zero-order valence-electron chi connectivity index (χ0n) is 16.0. The van der Waals surface area contributed by atoms with Crippen LogP contribution in [0, 0.1) is 5.82 Å². The van der Waals surface area contributed by atoms with Gasteiger partial charge in [-0.05, 0) is 43.2 Å². The normalized spacial score (nSPS) is 13.2. The molecule has 0 bridgehead atoms. The molecular formula is C21H23F4N3. The van der Waals surface area contributed by atoms with Crippen LogP contribution >= 0.6 is 0 Å². The summed E-state index contributed by atoms with van der Waals surface area (Å²) in [5, 5.41) is 5.92. The van der Waals surface area contributed by atoms with E-state index in [1.54, 1.807) is 44.3 Å². The number of alkyl halides is 3. The van der Waals surface area contributed by atoms with Gasteiger partial charge in [-0.15, -0.1) is 0 Å². The van der Waals surface area contributed by atoms with Gasteiger partial charge in [0, 0.05) is 36.7 Å². The standard InChI is InChI=1S/C21H23F4N3/c1-4-14(2)18(21(23,24)25)11-20(26-3)15-5-7-17(8-6-15)28-12-16-9-10-27-13-19(16)22/h5-11,13,26,28H,4,12H2,1-3H3/b18-14?,20-11-. The predicted octanol–water partition coefficient (Wildman–Crippen LogP) is 5.68. The highest BCUT2D eigenvalue weighted by Crippen LogP contribution is 2.32. The fourth-order valence-corrected chi connectivity index (χ4v) is 2.59. The third-order valence-electron chi connectivity index (χ3n) is 4.39. The van der Waals surface area contributed by atoms with E-state index in [4.69, 9.17) is 0 Å². The molecule has 2 N–H and O–H groups in total. The molecule has 0 aliphatic heterocycles. The maximum absolute atomic E-state index is 13.6. The smallest absolute Gasteiger partial charge is 0.388 e. The third kappa shape index (κ3) is 5.58. The number of nitrogens with zero attached hydrogens (tertiary/aromatic N) is 1. The second kappa shape index (κ2) is 9.39. The Labute approximate surface area is 162 Å². The van der Waals surface area contributed by atoms with E-state index >= 15 is 0 Å². The molecule has 0 unspecified atom stereocenters. The summed E-state index contributed by atoms with van der Waals surface area (Å²) in [5.41, 5.74) is 1.82. The number of hydrogen-bond acceptors (Lipinski definition) is 3. The lowest BCUT2D eigenvalue weighted by atomic mass is 10.0. The van der Waals surface area contributed by atoms with Gasteiger partial charge in [0.25, 0.3) is 0 Å². The molecule has 2 rings (SSSR count). The second-order valence-corrected chi connectivity index (χ2v) is 6.25. The number of halogens is 4. The van der Waals surface area contributed by atoms with E-state index in [2.05, 4.69) is 15.6 Å². The van der Waals surface area contributed by atoms with Crippen LogP contribution in [0.15, 0.2) is 59.9 Å². The maximum Gasteiger partial charge on any atom is 0.416 e. The number of nitrogens with one attached hydrogen (secondary N) is 2. The van der Waals surface area contributed by atoms with Crippen molar-refractivity contribution in [2.75, 3.05) is 12.4 Å². The highest BCUT2D eigenvalue weighted by atomic mass is 19.4. The van der Waals surface area contributed by atoms with E-state index in [0.717, 1.165) is 18.0 Å². The Morgan fingerprint density at radius 2 is 1.82 bits per heavy atom. The van der Waals surface area contributed by atoms with Gasteiger partial charge >= 0.3 is 6.18 Å². The highest BCUT2D eigenvalue weighted by molar-refractivity contribution is 5.68. The Morgan fingerprint density at radius 1 is 1.14 bits per heavy atom. The summed E-state index contributed by atoms with van der Waals surface area (Å²) in [6.45, 7) is 3.46. The van der Waals surface area contributed by atoms with Gasteiger partial charge in [0.15, 0.2) is 0 Å². The highest BCUT2D eigenvalue weighted by Gasteiger charge is 2.33. The monoisotopic (exact) mass is 393 g/mol. The van der Waals surface area contributed by atoms with Gasteiger partial charge in [-0.25, -0.2) is 4.39 Å². The van der Waals surface area contributed by atoms with Gasteiger partial charge in [0.05, 0.1) is 11.8 Å². The first-order valence-corrected chi connectivity index (χ1v) is 8.85. The average Bonchev–Trinajstić information content (AvgIpc) is 2.67. The van der Waals surface area contributed by atoms with Crippen LogP contribution in [0.4, 0.5) is 23.2 Å².